The number of allylic oxidation sites excluding steroid dienone is 1. The largest absolute Gasteiger partial charge is 0.334 e. The van der Waals surface area contributed by atoms with Gasteiger partial charge in [-0.3, -0.25) is 4.57 Å². The lowest BCUT2D eigenvalue weighted by Crippen LogP contribution is -2.10. The van der Waals surface area contributed by atoms with E-state index in [0.717, 1.165) is 0 Å². The number of hydrogen-bond donors (Lipinski definition) is 0. The molecule has 2 fully saturated rings. The molecule has 2 rings (SSSR count). The van der Waals surface area contributed by atoms with E-state index in [9.17, 15) is 4.57 Å². The summed E-state index contributed by atoms with van der Waals surface area (Å²) < 4.78 is 24.0. The fraction of sp³-hybridized carbons (Fsp3) is 0.867. The van der Waals surface area contributed by atoms with E-state index in [1.54, 1.807) is 6.08 Å². The summed E-state index contributed by atoms with van der Waals surface area (Å²) in [5.74, 6) is 1.15. The molecule has 0 amide bonds. The van der Waals surface area contributed by atoms with Gasteiger partial charge >= 0.3 is 7.60 Å². The maximum absolute atomic E-state index is 12.6. The molecule has 2 saturated carbocycles. The molecule has 0 aliphatic heterocycles. The monoisotopic (exact) mass is 286 g/mol. The average molecular weight is 286 g/mol. The molecular formula is C15H27O3P. The van der Waals surface area contributed by atoms with Gasteiger partial charge in [-0.1, -0.05) is 31.8 Å². The Balaban J connectivity index is 1.77. The van der Waals surface area contributed by atoms with Crippen molar-refractivity contribution >= 4 is 7.60 Å². The van der Waals surface area contributed by atoms with Crippen LogP contribution in [0.25, 0.3) is 0 Å². The minimum Gasteiger partial charge on any atom is -0.308 e. The van der Waals surface area contributed by atoms with E-state index in [4.69, 9.17) is 9.05 Å². The second kappa shape index (κ2) is 7.61. The van der Waals surface area contributed by atoms with Crippen LogP contribution in [0.3, 0.4) is 0 Å². The molecule has 0 unspecified atom stereocenters. The van der Waals surface area contributed by atoms with Crippen molar-refractivity contribution in [3.8, 4) is 0 Å². The van der Waals surface area contributed by atoms with Crippen molar-refractivity contribution in [1.82, 2.24) is 0 Å². The zero-order valence-corrected chi connectivity index (χ0v) is 12.8. The highest BCUT2D eigenvalue weighted by Crippen LogP contribution is 2.50. The second-order valence-electron chi connectivity index (χ2n) is 5.97. The van der Waals surface area contributed by atoms with Crippen LogP contribution < -0.4 is 0 Å². The third-order valence-corrected chi connectivity index (χ3v) is 6.11. The Bertz CT molecular complexity index is 293. The normalized spacial score (nSPS) is 22.1. The van der Waals surface area contributed by atoms with Gasteiger partial charge in [-0.05, 0) is 37.5 Å². The van der Waals surface area contributed by atoms with Crippen molar-refractivity contribution in [2.75, 3.05) is 19.4 Å². The van der Waals surface area contributed by atoms with Gasteiger partial charge in [0.15, 0.2) is 0 Å². The van der Waals surface area contributed by atoms with Crippen LogP contribution in [0.4, 0.5) is 0 Å². The van der Waals surface area contributed by atoms with Crippen molar-refractivity contribution in [2.45, 2.75) is 51.4 Å². The van der Waals surface area contributed by atoms with E-state index in [0.29, 0.717) is 31.2 Å². The SMILES string of the molecule is C=CCP(=O)(OCC1CCCC1)OCC1CCCC1. The summed E-state index contributed by atoms with van der Waals surface area (Å²) in [5, 5.41) is 0. The topological polar surface area (TPSA) is 35.5 Å². The Morgan fingerprint density at radius 3 is 1.74 bits per heavy atom. The molecule has 19 heavy (non-hydrogen) atoms. The summed E-state index contributed by atoms with van der Waals surface area (Å²) in [6, 6.07) is 0. The lowest BCUT2D eigenvalue weighted by Gasteiger charge is -2.21. The molecule has 2 aliphatic carbocycles. The minimum atomic E-state index is -2.94. The van der Waals surface area contributed by atoms with Crippen molar-refractivity contribution in [3.05, 3.63) is 12.7 Å². The van der Waals surface area contributed by atoms with Gasteiger partial charge in [0.1, 0.15) is 0 Å². The van der Waals surface area contributed by atoms with Crippen LogP contribution in [0.5, 0.6) is 0 Å². The Hall–Kier alpha value is -0.110. The van der Waals surface area contributed by atoms with Gasteiger partial charge in [0.25, 0.3) is 0 Å². The molecule has 0 radical (unpaired) electrons. The Morgan fingerprint density at radius 1 is 0.947 bits per heavy atom. The molecule has 0 bridgehead atoms. The molecule has 0 aromatic carbocycles. The van der Waals surface area contributed by atoms with Crippen LogP contribution in [-0.2, 0) is 13.6 Å². The Kier molecular flexibility index (Phi) is 6.12. The molecule has 0 heterocycles. The third-order valence-electron chi connectivity index (χ3n) is 4.32. The van der Waals surface area contributed by atoms with Gasteiger partial charge in [-0.25, -0.2) is 0 Å². The number of rotatable bonds is 8. The standard InChI is InChI=1S/C15H27O3P/c1-2-11-19(16,17-12-14-7-3-4-8-14)18-13-15-9-5-6-10-15/h2,14-15H,1,3-13H2. The van der Waals surface area contributed by atoms with Crippen LogP contribution in [0.15, 0.2) is 12.7 Å². The summed E-state index contributed by atoms with van der Waals surface area (Å²) in [7, 11) is -2.94. The third kappa shape index (κ3) is 5.06. The molecular weight excluding hydrogens is 259 g/mol. The molecule has 2 aliphatic rings. The Labute approximate surface area is 117 Å². The lowest BCUT2D eigenvalue weighted by molar-refractivity contribution is 0.163. The maximum Gasteiger partial charge on any atom is 0.334 e. The highest BCUT2D eigenvalue weighted by atomic mass is 31.2. The van der Waals surface area contributed by atoms with Crippen molar-refractivity contribution in [2.24, 2.45) is 11.8 Å². The first-order chi connectivity index (χ1) is 9.22. The van der Waals surface area contributed by atoms with Crippen LogP contribution in [0.2, 0.25) is 0 Å². The highest BCUT2D eigenvalue weighted by Gasteiger charge is 2.28. The molecule has 3 nitrogen and oxygen atoms in total. The Morgan fingerprint density at radius 2 is 1.37 bits per heavy atom. The highest BCUT2D eigenvalue weighted by molar-refractivity contribution is 7.54. The smallest absolute Gasteiger partial charge is 0.308 e. The summed E-state index contributed by atoms with van der Waals surface area (Å²) in [6.45, 7) is 4.86. The van der Waals surface area contributed by atoms with E-state index >= 15 is 0 Å². The van der Waals surface area contributed by atoms with Gasteiger partial charge in [0, 0.05) is 0 Å². The number of hydrogen-bond acceptors (Lipinski definition) is 3. The van der Waals surface area contributed by atoms with E-state index < -0.39 is 7.60 Å². The second-order valence-corrected chi connectivity index (χ2v) is 8.08. The molecule has 0 atom stereocenters. The molecule has 0 saturated heterocycles. The van der Waals surface area contributed by atoms with Crippen molar-refractivity contribution < 1.29 is 13.6 Å². The summed E-state index contributed by atoms with van der Waals surface area (Å²) in [4.78, 5) is 0. The van der Waals surface area contributed by atoms with Gasteiger partial charge in [-0.15, -0.1) is 6.58 Å². The predicted octanol–water partition coefficient (Wildman–Crippen LogP) is 4.78. The van der Waals surface area contributed by atoms with E-state index in [2.05, 4.69) is 6.58 Å². The summed E-state index contributed by atoms with van der Waals surface area (Å²) in [5.41, 5.74) is 0. The van der Waals surface area contributed by atoms with Crippen LogP contribution in [-0.4, -0.2) is 19.4 Å². The van der Waals surface area contributed by atoms with Gasteiger partial charge < -0.3 is 9.05 Å². The van der Waals surface area contributed by atoms with Gasteiger partial charge in [0.05, 0.1) is 19.4 Å². The quantitative estimate of drug-likeness (QED) is 0.476. The zero-order valence-electron chi connectivity index (χ0n) is 11.9. The van der Waals surface area contributed by atoms with Crippen LogP contribution in [0.1, 0.15) is 51.4 Å². The zero-order chi connectivity index (χ0) is 13.6. The molecule has 0 aromatic rings. The first-order valence-electron chi connectivity index (χ1n) is 7.71. The van der Waals surface area contributed by atoms with Crippen LogP contribution in [0, 0.1) is 11.8 Å². The van der Waals surface area contributed by atoms with Crippen molar-refractivity contribution in [1.29, 1.82) is 0 Å². The average Bonchev–Trinajstić information content (AvgIpc) is 3.08. The van der Waals surface area contributed by atoms with Gasteiger partial charge in [-0.2, -0.15) is 0 Å². The molecule has 4 heteroatoms. The summed E-state index contributed by atoms with van der Waals surface area (Å²) in [6.07, 6.45) is 11.9. The van der Waals surface area contributed by atoms with Crippen LogP contribution >= 0.6 is 7.60 Å². The predicted molar refractivity (Wildman–Crippen MR) is 78.5 cm³/mol. The first-order valence-corrected chi connectivity index (χ1v) is 9.44. The van der Waals surface area contributed by atoms with E-state index in [1.165, 1.54) is 51.4 Å². The van der Waals surface area contributed by atoms with E-state index in [1.807, 2.05) is 0 Å². The van der Waals surface area contributed by atoms with Crippen molar-refractivity contribution in [3.63, 3.8) is 0 Å². The fourth-order valence-electron chi connectivity index (χ4n) is 3.09. The molecule has 110 valence electrons. The maximum atomic E-state index is 12.6. The van der Waals surface area contributed by atoms with E-state index in [-0.39, 0.29) is 0 Å². The molecule has 0 N–H and O–H groups in total. The summed E-state index contributed by atoms with van der Waals surface area (Å²) >= 11 is 0. The lowest BCUT2D eigenvalue weighted by atomic mass is 10.1. The molecule has 0 spiro atoms. The van der Waals surface area contributed by atoms with Gasteiger partial charge in [0.2, 0.25) is 0 Å². The first kappa shape index (κ1) is 15.3. The fourth-order valence-corrected chi connectivity index (χ4v) is 4.57. The molecule has 0 aromatic heterocycles. The minimum absolute atomic E-state index is 0.340.